The summed E-state index contributed by atoms with van der Waals surface area (Å²) in [4.78, 5) is 3.01. The second kappa shape index (κ2) is 7.85. The summed E-state index contributed by atoms with van der Waals surface area (Å²) < 4.78 is 48.3. The molecule has 1 unspecified atom stereocenters. The van der Waals surface area contributed by atoms with E-state index in [-0.39, 0.29) is 0 Å². The molecule has 0 saturated heterocycles. The zero-order valence-electron chi connectivity index (χ0n) is 18.3. The summed E-state index contributed by atoms with van der Waals surface area (Å²) in [5.41, 5.74) is -2.24. The Labute approximate surface area is 184 Å². The maximum Gasteiger partial charge on any atom is 0.417 e. The Kier molecular flexibility index (Phi) is 5.45. The molecule has 2 N–H and O–H groups in total. The molecule has 4 aromatic rings. The monoisotopic (exact) mass is 441 g/mol. The average Bonchev–Trinajstić information content (AvgIpc) is 3.13. The third-order valence-electron chi connectivity index (χ3n) is 6.14. The summed E-state index contributed by atoms with van der Waals surface area (Å²) in [5, 5.41) is 13.6. The van der Waals surface area contributed by atoms with Crippen LogP contribution in [0.5, 0.6) is 5.75 Å². The lowest BCUT2D eigenvalue weighted by atomic mass is 9.72. The molecule has 4 rings (SSSR count). The summed E-state index contributed by atoms with van der Waals surface area (Å²) in [6.45, 7) is 3.42. The molecule has 0 aliphatic rings. The number of methoxy groups -OCH3 is 1. The van der Waals surface area contributed by atoms with Crippen LogP contribution < -0.4 is 4.74 Å². The number of benzene rings is 3. The maximum atomic E-state index is 14.2. The first kappa shape index (κ1) is 22.2. The molecule has 1 atom stereocenters. The number of rotatable bonds is 6. The maximum absolute atomic E-state index is 14.2. The highest BCUT2D eigenvalue weighted by Gasteiger charge is 2.56. The zero-order valence-corrected chi connectivity index (χ0v) is 18.3. The molecule has 3 aromatic carbocycles. The lowest BCUT2D eigenvalue weighted by Crippen LogP contribution is -2.51. The quantitative estimate of drug-likeness (QED) is 0.357. The number of halogens is 3. The van der Waals surface area contributed by atoms with Crippen molar-refractivity contribution in [1.82, 2.24) is 4.98 Å². The van der Waals surface area contributed by atoms with E-state index in [0.29, 0.717) is 17.0 Å². The fraction of sp³-hybridized carbons (Fsp3) is 0.308. The highest BCUT2D eigenvalue weighted by atomic mass is 19.4. The summed E-state index contributed by atoms with van der Waals surface area (Å²) in [6, 6.07) is 20.2. The van der Waals surface area contributed by atoms with E-state index >= 15 is 0 Å². The number of alkyl halides is 3. The molecule has 6 heteroatoms. The Hall–Kier alpha value is -2.99. The lowest BCUT2D eigenvalue weighted by molar-refractivity contribution is -0.266. The first-order valence-electron chi connectivity index (χ1n) is 10.5. The standard InChI is InChI=1S/C26H26F3NO2/c1-24(2,21-13-12-17-8-4-6-10-20(17)23(21)32-3)16-25(31,26(27,28)29)15-19-14-18-9-5-7-11-22(18)30-19/h4-14,30-31H,15-16H2,1-3H3. The lowest BCUT2D eigenvalue weighted by Gasteiger charge is -2.38. The zero-order chi connectivity index (χ0) is 23.1. The summed E-state index contributed by atoms with van der Waals surface area (Å²) in [6.07, 6.45) is -5.90. The fourth-order valence-corrected chi connectivity index (χ4v) is 4.63. The second-order valence-electron chi connectivity index (χ2n) is 9.02. The van der Waals surface area contributed by atoms with Crippen molar-refractivity contribution in [3.05, 3.63) is 78.0 Å². The molecule has 0 bridgehead atoms. The highest BCUT2D eigenvalue weighted by molar-refractivity contribution is 5.90. The van der Waals surface area contributed by atoms with Crippen LogP contribution in [-0.2, 0) is 11.8 Å². The summed E-state index contributed by atoms with van der Waals surface area (Å²) >= 11 is 0. The number of nitrogens with one attached hydrogen (secondary N) is 1. The normalized spacial score (nSPS) is 14.6. The van der Waals surface area contributed by atoms with Crippen molar-refractivity contribution in [2.45, 2.75) is 43.9 Å². The third kappa shape index (κ3) is 3.95. The van der Waals surface area contributed by atoms with Gasteiger partial charge in [-0.15, -0.1) is 0 Å². The highest BCUT2D eigenvalue weighted by Crippen LogP contribution is 2.46. The van der Waals surface area contributed by atoms with Crippen molar-refractivity contribution in [1.29, 1.82) is 0 Å². The Balaban J connectivity index is 1.74. The van der Waals surface area contributed by atoms with Gasteiger partial charge in [-0.1, -0.05) is 68.4 Å². The number of hydrogen-bond acceptors (Lipinski definition) is 2. The number of hydrogen-bond donors (Lipinski definition) is 2. The first-order chi connectivity index (χ1) is 15.0. The first-order valence-corrected chi connectivity index (χ1v) is 10.5. The molecule has 0 aliphatic heterocycles. The van der Waals surface area contributed by atoms with E-state index < -0.39 is 30.0 Å². The van der Waals surface area contributed by atoms with Crippen LogP contribution in [0.15, 0.2) is 66.7 Å². The molecule has 1 heterocycles. The van der Waals surface area contributed by atoms with Gasteiger partial charge in [0.15, 0.2) is 5.60 Å². The van der Waals surface area contributed by atoms with Gasteiger partial charge < -0.3 is 14.8 Å². The Bertz CT molecular complexity index is 1230. The van der Waals surface area contributed by atoms with E-state index in [1.54, 1.807) is 32.0 Å². The van der Waals surface area contributed by atoms with E-state index in [4.69, 9.17) is 4.74 Å². The van der Waals surface area contributed by atoms with Crippen LogP contribution >= 0.6 is 0 Å². The Morgan fingerprint density at radius 3 is 2.22 bits per heavy atom. The van der Waals surface area contributed by atoms with Crippen molar-refractivity contribution in [3.8, 4) is 5.75 Å². The van der Waals surface area contributed by atoms with Crippen molar-refractivity contribution in [2.75, 3.05) is 7.11 Å². The van der Waals surface area contributed by atoms with Gasteiger partial charge in [0.05, 0.1) is 7.11 Å². The van der Waals surface area contributed by atoms with Gasteiger partial charge in [-0.25, -0.2) is 0 Å². The number of aliphatic hydroxyl groups is 1. The Morgan fingerprint density at radius 1 is 0.906 bits per heavy atom. The van der Waals surface area contributed by atoms with Crippen LogP contribution in [0.3, 0.4) is 0 Å². The molecule has 32 heavy (non-hydrogen) atoms. The van der Waals surface area contributed by atoms with Crippen LogP contribution in [0.1, 0.15) is 31.5 Å². The molecule has 0 fully saturated rings. The number of aromatic amines is 1. The third-order valence-corrected chi connectivity index (χ3v) is 6.14. The van der Waals surface area contributed by atoms with Crippen molar-refractivity contribution in [2.24, 2.45) is 0 Å². The molecule has 3 nitrogen and oxygen atoms in total. The minimum atomic E-state index is -4.81. The molecular formula is C26H26F3NO2. The minimum absolute atomic E-state index is 0.340. The van der Waals surface area contributed by atoms with Gasteiger partial charge in [-0.05, 0) is 34.7 Å². The number of H-pyrrole nitrogens is 1. The van der Waals surface area contributed by atoms with Crippen LogP contribution in [0.25, 0.3) is 21.7 Å². The Morgan fingerprint density at radius 2 is 1.56 bits per heavy atom. The number of fused-ring (bicyclic) bond motifs is 2. The van der Waals surface area contributed by atoms with E-state index in [9.17, 15) is 18.3 Å². The van der Waals surface area contributed by atoms with Crippen LogP contribution in [0.2, 0.25) is 0 Å². The second-order valence-corrected chi connectivity index (χ2v) is 9.02. The van der Waals surface area contributed by atoms with Crippen LogP contribution in [0, 0.1) is 0 Å². The van der Waals surface area contributed by atoms with Crippen LogP contribution in [-0.4, -0.2) is 29.0 Å². The number of ether oxygens (including phenoxy) is 1. The van der Waals surface area contributed by atoms with E-state index in [2.05, 4.69) is 4.98 Å². The van der Waals surface area contributed by atoms with Gasteiger partial charge in [-0.2, -0.15) is 13.2 Å². The molecule has 1 aromatic heterocycles. The topological polar surface area (TPSA) is 45.2 Å². The van der Waals surface area contributed by atoms with Gasteiger partial charge in [0.25, 0.3) is 0 Å². The van der Waals surface area contributed by atoms with Crippen LogP contribution in [0.4, 0.5) is 13.2 Å². The van der Waals surface area contributed by atoms with Gasteiger partial charge in [0, 0.05) is 28.6 Å². The molecular weight excluding hydrogens is 415 g/mol. The van der Waals surface area contributed by atoms with E-state index in [1.807, 2.05) is 48.5 Å². The van der Waals surface area contributed by atoms with E-state index in [1.165, 1.54) is 7.11 Å². The number of aromatic nitrogens is 1. The number of para-hydroxylation sites is 1. The molecule has 0 amide bonds. The smallest absolute Gasteiger partial charge is 0.417 e. The molecule has 0 aliphatic carbocycles. The average molecular weight is 441 g/mol. The van der Waals surface area contributed by atoms with Gasteiger partial charge in [-0.3, -0.25) is 0 Å². The predicted molar refractivity (Wildman–Crippen MR) is 121 cm³/mol. The van der Waals surface area contributed by atoms with Gasteiger partial charge in [0.2, 0.25) is 0 Å². The van der Waals surface area contributed by atoms with Crippen molar-refractivity contribution in [3.63, 3.8) is 0 Å². The van der Waals surface area contributed by atoms with Crippen molar-refractivity contribution < 1.29 is 23.0 Å². The largest absolute Gasteiger partial charge is 0.496 e. The minimum Gasteiger partial charge on any atom is -0.496 e. The predicted octanol–water partition coefficient (Wildman–Crippen LogP) is 6.53. The fourth-order valence-electron chi connectivity index (χ4n) is 4.63. The van der Waals surface area contributed by atoms with Crippen molar-refractivity contribution >= 4 is 21.7 Å². The van der Waals surface area contributed by atoms with Gasteiger partial charge in [0.1, 0.15) is 5.75 Å². The molecule has 0 radical (unpaired) electrons. The summed E-state index contributed by atoms with van der Waals surface area (Å²) in [5.74, 6) is 0.531. The molecule has 168 valence electrons. The van der Waals surface area contributed by atoms with Gasteiger partial charge >= 0.3 is 6.18 Å². The molecule has 0 spiro atoms. The molecule has 0 saturated carbocycles. The van der Waals surface area contributed by atoms with E-state index in [0.717, 1.165) is 21.7 Å². The SMILES string of the molecule is COc1c(C(C)(C)CC(O)(Cc2cc3ccccc3[nH]2)C(F)(F)F)ccc2ccccc12. The summed E-state index contributed by atoms with van der Waals surface area (Å²) in [7, 11) is 1.52.